The average Bonchev–Trinajstić information content (AvgIpc) is 2.43. The number of carbonyl (C=O) groups excluding carboxylic acids is 1. The van der Waals surface area contributed by atoms with Gasteiger partial charge >= 0.3 is 64.5 Å². The van der Waals surface area contributed by atoms with Gasteiger partial charge in [0.05, 0.1) is 0 Å². The summed E-state index contributed by atoms with van der Waals surface area (Å²) in [5.41, 5.74) is 0.360. The quantitative estimate of drug-likeness (QED) is 0.591. The minimum Gasteiger partial charge on any atom is -0.449 e. The molecule has 1 aromatic carbocycles. The summed E-state index contributed by atoms with van der Waals surface area (Å²) >= 11 is 4.22. The fourth-order valence-electron chi connectivity index (χ4n) is 2.70. The molecule has 1 aliphatic rings. The Bertz CT molecular complexity index is 633. The van der Waals surface area contributed by atoms with Gasteiger partial charge < -0.3 is 27.5 Å². The van der Waals surface area contributed by atoms with Crippen LogP contribution >= 0.6 is 12.6 Å². The van der Waals surface area contributed by atoms with Crippen LogP contribution in [-0.2, 0) is 11.1 Å². The molecule has 1 saturated heterocycles. The van der Waals surface area contributed by atoms with Crippen molar-refractivity contribution < 1.29 is 73.9 Å². The molecule has 10 heteroatoms. The molecule has 0 unspecified atom stereocenters. The van der Waals surface area contributed by atoms with Gasteiger partial charge in [-0.2, -0.15) is 0 Å². The van der Waals surface area contributed by atoms with Crippen LogP contribution in [0.2, 0.25) is 0 Å². The number of rotatable bonds is 3. The Morgan fingerprint density at radius 3 is 2.23 bits per heavy atom. The van der Waals surface area contributed by atoms with E-state index in [1.807, 2.05) is 25.7 Å². The first-order chi connectivity index (χ1) is 11.4. The molecule has 26 heavy (non-hydrogen) atoms. The van der Waals surface area contributed by atoms with E-state index in [9.17, 15) is 17.7 Å². The summed E-state index contributed by atoms with van der Waals surface area (Å²) in [6.07, 6.45) is -1.28. The smallest absolute Gasteiger partial charge is 0.449 e. The molecular weight excluding hydrogens is 391 g/mol. The SMILES string of the molecule is CC(C)(C)OC(=O)N1CCN(c2cc(S)cc(C[B-](F)(F)F)c2)CC1.[K+]. The van der Waals surface area contributed by atoms with E-state index in [0.717, 1.165) is 0 Å². The first kappa shape index (κ1) is 24.2. The topological polar surface area (TPSA) is 32.8 Å². The van der Waals surface area contributed by atoms with Crippen LogP contribution in [0.5, 0.6) is 0 Å². The van der Waals surface area contributed by atoms with Crippen LogP contribution < -0.4 is 56.3 Å². The van der Waals surface area contributed by atoms with E-state index in [-0.39, 0.29) is 63.0 Å². The monoisotopic (exact) mass is 414 g/mol. The number of benzene rings is 1. The fraction of sp³-hybridized carbons (Fsp3) is 0.562. The first-order valence-electron chi connectivity index (χ1n) is 8.20. The number of carbonyl (C=O) groups is 1. The number of halogens is 3. The van der Waals surface area contributed by atoms with Crippen LogP contribution in [0.1, 0.15) is 26.3 Å². The molecule has 0 aliphatic carbocycles. The van der Waals surface area contributed by atoms with Crippen LogP contribution in [0.4, 0.5) is 23.4 Å². The summed E-state index contributed by atoms with van der Waals surface area (Å²) in [4.78, 5) is 16.2. The molecule has 1 amide bonds. The van der Waals surface area contributed by atoms with Gasteiger partial charge in [0.25, 0.3) is 0 Å². The Balaban J connectivity index is 0.00000338. The molecule has 1 aromatic rings. The summed E-state index contributed by atoms with van der Waals surface area (Å²) in [7, 11) is 0. The number of amides is 1. The Morgan fingerprint density at radius 1 is 1.15 bits per heavy atom. The molecule has 140 valence electrons. The van der Waals surface area contributed by atoms with Crippen LogP contribution in [-0.4, -0.2) is 49.8 Å². The minimum absolute atomic E-state index is 0. The predicted molar refractivity (Wildman–Crippen MR) is 96.5 cm³/mol. The molecule has 4 nitrogen and oxygen atoms in total. The van der Waals surface area contributed by atoms with Gasteiger partial charge in [-0.1, -0.05) is 11.9 Å². The van der Waals surface area contributed by atoms with Crippen molar-refractivity contribution in [1.82, 2.24) is 4.90 Å². The predicted octanol–water partition coefficient (Wildman–Crippen LogP) is 0.965. The van der Waals surface area contributed by atoms with Crippen molar-refractivity contribution in [2.45, 2.75) is 37.6 Å². The number of ether oxygens (including phenoxy) is 1. The molecule has 1 fully saturated rings. The van der Waals surface area contributed by atoms with Crippen LogP contribution in [0, 0.1) is 0 Å². The molecule has 0 bridgehead atoms. The molecular formula is C16H23BF3KN2O2S. The normalized spacial score (nSPS) is 15.5. The first-order valence-corrected chi connectivity index (χ1v) is 8.64. The van der Waals surface area contributed by atoms with Crippen molar-refractivity contribution in [2.24, 2.45) is 0 Å². The van der Waals surface area contributed by atoms with Crippen molar-refractivity contribution in [3.63, 3.8) is 0 Å². The maximum Gasteiger partial charge on any atom is 1.00 e. The van der Waals surface area contributed by atoms with E-state index < -0.39 is 18.9 Å². The van der Waals surface area contributed by atoms with E-state index >= 15 is 0 Å². The van der Waals surface area contributed by atoms with Crippen LogP contribution in [0.25, 0.3) is 0 Å². The zero-order valence-electron chi connectivity index (χ0n) is 15.6. The molecule has 1 heterocycles. The van der Waals surface area contributed by atoms with Gasteiger partial charge in [0.1, 0.15) is 5.60 Å². The summed E-state index contributed by atoms with van der Waals surface area (Å²) < 4.78 is 43.4. The molecule has 0 aromatic heterocycles. The maximum atomic E-state index is 12.7. The molecule has 0 spiro atoms. The molecule has 0 saturated carbocycles. The van der Waals surface area contributed by atoms with Crippen LogP contribution in [0.3, 0.4) is 0 Å². The van der Waals surface area contributed by atoms with Gasteiger partial charge in [-0.15, -0.1) is 12.6 Å². The van der Waals surface area contributed by atoms with Gasteiger partial charge in [-0.05, 0) is 39.0 Å². The second-order valence-electron chi connectivity index (χ2n) is 7.23. The van der Waals surface area contributed by atoms with Gasteiger partial charge in [0.2, 0.25) is 0 Å². The zero-order chi connectivity index (χ0) is 18.8. The van der Waals surface area contributed by atoms with Gasteiger partial charge in [-0.25, -0.2) is 4.79 Å². The van der Waals surface area contributed by atoms with E-state index in [1.165, 1.54) is 6.07 Å². The zero-order valence-corrected chi connectivity index (χ0v) is 19.7. The Morgan fingerprint density at radius 2 is 1.73 bits per heavy atom. The number of hydrogen-bond acceptors (Lipinski definition) is 4. The molecule has 0 radical (unpaired) electrons. The summed E-state index contributed by atoms with van der Waals surface area (Å²) in [5.74, 6) is 0. The van der Waals surface area contributed by atoms with Crippen molar-refractivity contribution in [3.05, 3.63) is 23.8 Å². The van der Waals surface area contributed by atoms with Gasteiger partial charge in [0.15, 0.2) is 0 Å². The Hall–Kier alpha value is 0.131. The molecule has 0 atom stereocenters. The summed E-state index contributed by atoms with van der Waals surface area (Å²) in [5, 5.41) is 0. The van der Waals surface area contributed by atoms with Crippen molar-refractivity contribution in [1.29, 1.82) is 0 Å². The second kappa shape index (κ2) is 9.56. The van der Waals surface area contributed by atoms with E-state index in [0.29, 0.717) is 36.8 Å². The average molecular weight is 414 g/mol. The molecule has 0 N–H and O–H groups in total. The Labute approximate surface area is 200 Å². The number of anilines is 1. The van der Waals surface area contributed by atoms with Crippen molar-refractivity contribution >= 4 is 31.4 Å². The van der Waals surface area contributed by atoms with Crippen LogP contribution in [0.15, 0.2) is 23.1 Å². The van der Waals surface area contributed by atoms with Crippen molar-refractivity contribution in [2.75, 3.05) is 31.1 Å². The Kier molecular flexibility index (Phi) is 8.88. The fourth-order valence-corrected chi connectivity index (χ4v) is 3.00. The second-order valence-corrected chi connectivity index (χ2v) is 7.74. The third kappa shape index (κ3) is 8.02. The number of thiol groups is 1. The third-order valence-corrected chi connectivity index (χ3v) is 3.98. The van der Waals surface area contributed by atoms with E-state index in [2.05, 4.69) is 12.6 Å². The van der Waals surface area contributed by atoms with Gasteiger partial charge in [-0.3, -0.25) is 0 Å². The molecule has 1 aliphatic heterocycles. The largest absolute Gasteiger partial charge is 1.00 e. The van der Waals surface area contributed by atoms with E-state index in [4.69, 9.17) is 4.74 Å². The number of piperazine rings is 1. The van der Waals surface area contributed by atoms with Gasteiger partial charge in [0, 0.05) is 36.8 Å². The number of hydrogen-bond donors (Lipinski definition) is 1. The maximum absolute atomic E-state index is 12.7. The summed E-state index contributed by atoms with van der Waals surface area (Å²) in [6.45, 7) is 2.53. The number of nitrogens with zero attached hydrogens (tertiary/aromatic N) is 2. The summed E-state index contributed by atoms with van der Waals surface area (Å²) in [6, 6.07) is 4.75. The van der Waals surface area contributed by atoms with Crippen molar-refractivity contribution in [3.8, 4) is 0 Å². The third-order valence-electron chi connectivity index (χ3n) is 3.73. The van der Waals surface area contributed by atoms with E-state index in [1.54, 1.807) is 17.0 Å². The minimum atomic E-state index is -4.89. The molecule has 2 rings (SSSR count). The standard InChI is InChI=1S/C16H23BF3N2O2S.K/c1-16(2,3)24-15(23)22-6-4-21(5-7-22)13-8-12(9-14(25)10-13)11-17(18,19)20;/h8-10,25H,4-7,11H2,1-3H3;/q-1;+1.